The number of piperazine rings is 1. The Morgan fingerprint density at radius 1 is 0.871 bits per heavy atom. The summed E-state index contributed by atoms with van der Waals surface area (Å²) >= 11 is 0. The van der Waals surface area contributed by atoms with Gasteiger partial charge in [-0.1, -0.05) is 12.1 Å². The molecule has 2 aliphatic rings. The molecule has 2 aromatic carbocycles. The van der Waals surface area contributed by atoms with Gasteiger partial charge in [-0.3, -0.25) is 9.69 Å². The van der Waals surface area contributed by atoms with Crippen LogP contribution in [0.5, 0.6) is 11.5 Å². The van der Waals surface area contributed by atoms with Gasteiger partial charge >= 0.3 is 6.03 Å². The van der Waals surface area contributed by atoms with Gasteiger partial charge in [-0.25, -0.2) is 4.79 Å². The number of urea groups is 1. The number of carbonyl (C=O) groups excluding carboxylic acids is 2. The molecule has 0 atom stereocenters. The lowest BCUT2D eigenvalue weighted by Gasteiger charge is -2.37. The van der Waals surface area contributed by atoms with Gasteiger partial charge in [0, 0.05) is 45.0 Å². The molecule has 2 heterocycles. The van der Waals surface area contributed by atoms with E-state index in [9.17, 15) is 9.59 Å². The van der Waals surface area contributed by atoms with Crippen molar-refractivity contribution in [2.75, 3.05) is 69.8 Å². The van der Waals surface area contributed by atoms with E-state index in [1.807, 2.05) is 53.4 Å². The molecule has 0 N–H and O–H groups in total. The van der Waals surface area contributed by atoms with Crippen molar-refractivity contribution in [3.8, 4) is 11.5 Å². The van der Waals surface area contributed by atoms with Crippen LogP contribution in [0.25, 0.3) is 0 Å². The third kappa shape index (κ3) is 4.38. The highest BCUT2D eigenvalue weighted by molar-refractivity contribution is 5.96. The first-order chi connectivity index (χ1) is 15.1. The van der Waals surface area contributed by atoms with Crippen LogP contribution in [-0.2, 0) is 4.79 Å². The van der Waals surface area contributed by atoms with Crippen molar-refractivity contribution in [2.24, 2.45) is 0 Å². The second kappa shape index (κ2) is 9.16. The second-order valence-corrected chi connectivity index (χ2v) is 7.59. The standard InChI is InChI=1S/C23H28N4O4/c1-30-19-9-7-18(8-10-19)27-16-15-26(23(27)29)17-22(28)25-13-11-24(12-14-25)20-5-3-4-6-21(20)31-2/h3-10H,11-17H2,1-2H3. The molecule has 164 valence electrons. The van der Waals surface area contributed by atoms with Crippen LogP contribution in [0.1, 0.15) is 0 Å². The molecule has 0 aromatic heterocycles. The minimum absolute atomic E-state index is 0.00962. The Morgan fingerprint density at radius 2 is 1.58 bits per heavy atom. The molecule has 0 radical (unpaired) electrons. The largest absolute Gasteiger partial charge is 0.497 e. The van der Waals surface area contributed by atoms with Gasteiger partial charge in [0.25, 0.3) is 0 Å². The van der Waals surface area contributed by atoms with E-state index in [1.165, 1.54) is 0 Å². The summed E-state index contributed by atoms with van der Waals surface area (Å²) in [4.78, 5) is 33.1. The predicted molar refractivity (Wildman–Crippen MR) is 119 cm³/mol. The topological polar surface area (TPSA) is 65.6 Å². The Bertz CT molecular complexity index is 925. The summed E-state index contributed by atoms with van der Waals surface area (Å²) in [5, 5.41) is 0. The first kappa shape index (κ1) is 20.8. The number of para-hydroxylation sites is 2. The highest BCUT2D eigenvalue weighted by Gasteiger charge is 2.32. The molecule has 0 aliphatic carbocycles. The fourth-order valence-corrected chi connectivity index (χ4v) is 4.08. The molecule has 8 nitrogen and oxygen atoms in total. The van der Waals surface area contributed by atoms with E-state index in [-0.39, 0.29) is 18.5 Å². The zero-order chi connectivity index (χ0) is 21.8. The number of hydrogen-bond donors (Lipinski definition) is 0. The van der Waals surface area contributed by atoms with Gasteiger partial charge in [-0.15, -0.1) is 0 Å². The fourth-order valence-electron chi connectivity index (χ4n) is 4.08. The van der Waals surface area contributed by atoms with Crippen LogP contribution in [0.3, 0.4) is 0 Å². The molecule has 3 amide bonds. The van der Waals surface area contributed by atoms with Gasteiger partial charge in [0.15, 0.2) is 0 Å². The van der Waals surface area contributed by atoms with E-state index < -0.39 is 0 Å². The number of ether oxygens (including phenoxy) is 2. The van der Waals surface area contributed by atoms with Crippen LogP contribution in [0.15, 0.2) is 48.5 Å². The summed E-state index contributed by atoms with van der Waals surface area (Å²) in [6.45, 7) is 3.94. The van der Waals surface area contributed by atoms with Gasteiger partial charge in [0.2, 0.25) is 5.91 Å². The number of amides is 3. The summed E-state index contributed by atoms with van der Waals surface area (Å²) < 4.78 is 10.6. The summed E-state index contributed by atoms with van der Waals surface area (Å²) in [5.74, 6) is 1.57. The van der Waals surface area contributed by atoms with Crippen LogP contribution in [-0.4, -0.2) is 81.8 Å². The van der Waals surface area contributed by atoms with Gasteiger partial charge in [0.1, 0.15) is 18.0 Å². The lowest BCUT2D eigenvalue weighted by atomic mass is 10.2. The maximum Gasteiger partial charge on any atom is 0.325 e. The third-order valence-corrected chi connectivity index (χ3v) is 5.86. The Labute approximate surface area is 182 Å². The van der Waals surface area contributed by atoms with Gasteiger partial charge < -0.3 is 24.2 Å². The molecule has 0 unspecified atom stereocenters. The molecule has 2 saturated heterocycles. The fraction of sp³-hybridized carbons (Fsp3) is 0.391. The van der Waals surface area contributed by atoms with E-state index in [0.29, 0.717) is 26.2 Å². The Hall–Kier alpha value is -3.42. The highest BCUT2D eigenvalue weighted by atomic mass is 16.5. The maximum atomic E-state index is 12.8. The molecule has 8 heteroatoms. The third-order valence-electron chi connectivity index (χ3n) is 5.86. The number of carbonyl (C=O) groups is 2. The SMILES string of the molecule is COc1ccc(N2CCN(CC(=O)N3CCN(c4ccccc4OC)CC3)C2=O)cc1. The zero-order valence-electron chi connectivity index (χ0n) is 18.0. The quantitative estimate of drug-likeness (QED) is 0.712. The van der Waals surface area contributed by atoms with E-state index >= 15 is 0 Å². The van der Waals surface area contributed by atoms with Gasteiger partial charge in [-0.2, -0.15) is 0 Å². The molecule has 4 rings (SSSR count). The van der Waals surface area contributed by atoms with Crippen molar-refractivity contribution >= 4 is 23.3 Å². The lowest BCUT2D eigenvalue weighted by Crippen LogP contribution is -2.51. The lowest BCUT2D eigenvalue weighted by molar-refractivity contribution is -0.131. The second-order valence-electron chi connectivity index (χ2n) is 7.59. The average molecular weight is 425 g/mol. The van der Waals surface area contributed by atoms with Crippen molar-refractivity contribution in [3.63, 3.8) is 0 Å². The Morgan fingerprint density at radius 3 is 2.26 bits per heavy atom. The first-order valence-electron chi connectivity index (χ1n) is 10.5. The molecule has 2 aromatic rings. The summed E-state index contributed by atoms with van der Waals surface area (Å²) in [6.07, 6.45) is 0. The smallest absolute Gasteiger partial charge is 0.325 e. The van der Waals surface area contributed by atoms with Crippen LogP contribution < -0.4 is 19.3 Å². The van der Waals surface area contributed by atoms with Crippen molar-refractivity contribution in [1.29, 1.82) is 0 Å². The molecule has 2 aliphatic heterocycles. The molecule has 31 heavy (non-hydrogen) atoms. The van der Waals surface area contributed by atoms with E-state index in [1.54, 1.807) is 24.0 Å². The monoisotopic (exact) mass is 424 g/mol. The number of anilines is 2. The number of benzene rings is 2. The highest BCUT2D eigenvalue weighted by Crippen LogP contribution is 2.28. The van der Waals surface area contributed by atoms with Crippen molar-refractivity contribution in [2.45, 2.75) is 0 Å². The van der Waals surface area contributed by atoms with Crippen LogP contribution >= 0.6 is 0 Å². The average Bonchev–Trinajstić information content (AvgIpc) is 3.19. The van der Waals surface area contributed by atoms with Gasteiger partial charge in [0.05, 0.1) is 19.9 Å². The van der Waals surface area contributed by atoms with Crippen molar-refractivity contribution in [1.82, 2.24) is 9.80 Å². The maximum absolute atomic E-state index is 12.8. The summed E-state index contributed by atoms with van der Waals surface area (Å²) in [5.41, 5.74) is 1.85. The van der Waals surface area contributed by atoms with E-state index in [2.05, 4.69) is 4.90 Å². The molecule has 0 bridgehead atoms. The van der Waals surface area contributed by atoms with E-state index in [4.69, 9.17) is 9.47 Å². The normalized spacial score (nSPS) is 16.6. The minimum atomic E-state index is -0.133. The van der Waals surface area contributed by atoms with Crippen molar-refractivity contribution in [3.05, 3.63) is 48.5 Å². The van der Waals surface area contributed by atoms with Crippen LogP contribution in [0.4, 0.5) is 16.2 Å². The Balaban J connectivity index is 1.31. The molecular weight excluding hydrogens is 396 g/mol. The Kier molecular flexibility index (Phi) is 6.16. The number of hydrogen-bond acceptors (Lipinski definition) is 5. The van der Waals surface area contributed by atoms with Crippen LogP contribution in [0, 0.1) is 0 Å². The number of nitrogens with zero attached hydrogens (tertiary/aromatic N) is 4. The molecule has 2 fully saturated rings. The van der Waals surface area contributed by atoms with Crippen molar-refractivity contribution < 1.29 is 19.1 Å². The molecule has 0 saturated carbocycles. The van der Waals surface area contributed by atoms with Gasteiger partial charge in [-0.05, 0) is 36.4 Å². The zero-order valence-corrected chi connectivity index (χ0v) is 18.0. The van der Waals surface area contributed by atoms with E-state index in [0.717, 1.165) is 36.0 Å². The van der Waals surface area contributed by atoms with Crippen LogP contribution in [0.2, 0.25) is 0 Å². The first-order valence-corrected chi connectivity index (χ1v) is 10.5. The molecule has 0 spiro atoms. The number of methoxy groups -OCH3 is 2. The number of rotatable bonds is 6. The summed E-state index contributed by atoms with van der Waals surface area (Å²) in [7, 11) is 3.28. The minimum Gasteiger partial charge on any atom is -0.497 e. The predicted octanol–water partition coefficient (Wildman–Crippen LogP) is 2.29. The molecular formula is C23H28N4O4. The summed E-state index contributed by atoms with van der Waals surface area (Å²) in [6, 6.07) is 15.2.